The van der Waals surface area contributed by atoms with Gasteiger partial charge in [-0.3, -0.25) is 9.59 Å². The molecule has 0 aliphatic rings. The van der Waals surface area contributed by atoms with E-state index in [1.165, 1.54) is 12.0 Å². The third kappa shape index (κ3) is 13.1. The minimum Gasteiger partial charge on any atom is -0.397 e. The third-order valence-corrected chi connectivity index (χ3v) is 6.12. The van der Waals surface area contributed by atoms with Crippen molar-refractivity contribution in [3.05, 3.63) is 107 Å². The smallest absolute Gasteiger partial charge is 0.211 e. The fourth-order valence-electron chi connectivity index (χ4n) is 3.97. The molecule has 6 heteroatoms. The highest BCUT2D eigenvalue weighted by Crippen LogP contribution is 2.33. The van der Waals surface area contributed by atoms with Crippen LogP contribution in [-0.2, 0) is 4.79 Å². The Balaban J connectivity index is 0.000000925. The summed E-state index contributed by atoms with van der Waals surface area (Å²) in [7, 11) is 3.50. The number of benzene rings is 3. The molecule has 0 spiro atoms. The number of nitrogens with one attached hydrogen (secondary N) is 3. The summed E-state index contributed by atoms with van der Waals surface area (Å²) in [6.07, 6.45) is 5.56. The molecule has 4 N–H and O–H groups in total. The lowest BCUT2D eigenvalue weighted by atomic mass is 9.92. The largest absolute Gasteiger partial charge is 0.397 e. The van der Waals surface area contributed by atoms with Crippen LogP contribution in [0.2, 0.25) is 0 Å². The predicted molar refractivity (Wildman–Crippen MR) is 182 cm³/mol. The number of ketones is 1. The van der Waals surface area contributed by atoms with Gasteiger partial charge in [0.2, 0.25) is 6.41 Å². The summed E-state index contributed by atoms with van der Waals surface area (Å²) in [5.41, 5.74) is 7.00. The first-order valence-corrected chi connectivity index (χ1v) is 14.6. The van der Waals surface area contributed by atoms with Gasteiger partial charge >= 0.3 is 0 Å². The molecule has 6 nitrogen and oxygen atoms in total. The van der Waals surface area contributed by atoms with Gasteiger partial charge in [0, 0.05) is 36.2 Å². The Hall–Kier alpha value is -4.00. The van der Waals surface area contributed by atoms with Crippen LogP contribution >= 0.6 is 0 Å². The van der Waals surface area contributed by atoms with Gasteiger partial charge in [-0.15, -0.1) is 0 Å². The van der Waals surface area contributed by atoms with E-state index < -0.39 is 0 Å². The number of Topliss-reactive ketones (excluding diaryl/α,β-unsaturated/α-hetero) is 1. The van der Waals surface area contributed by atoms with E-state index in [0.717, 1.165) is 28.0 Å². The predicted octanol–water partition coefficient (Wildman–Crippen LogP) is 7.96. The zero-order valence-electron chi connectivity index (χ0n) is 26.8. The third-order valence-electron chi connectivity index (χ3n) is 6.12. The molecular formula is C36H51N3O3. The highest BCUT2D eigenvalue weighted by molar-refractivity contribution is 6.08. The van der Waals surface area contributed by atoms with Gasteiger partial charge in [0.25, 0.3) is 0 Å². The Morgan fingerprint density at radius 1 is 1.00 bits per heavy atom. The lowest BCUT2D eigenvalue weighted by molar-refractivity contribution is -0.105. The second kappa shape index (κ2) is 22.7. The number of carbonyl (C=O) groups is 2. The van der Waals surface area contributed by atoms with E-state index in [2.05, 4.69) is 72.8 Å². The van der Waals surface area contributed by atoms with Crippen LogP contribution in [0.1, 0.15) is 79.6 Å². The van der Waals surface area contributed by atoms with Crippen LogP contribution in [0.15, 0.2) is 79.4 Å². The highest BCUT2D eigenvalue weighted by atomic mass is 16.2. The lowest BCUT2D eigenvalue weighted by Crippen LogP contribution is -2.20. The molecule has 3 aromatic carbocycles. The first-order valence-electron chi connectivity index (χ1n) is 14.6. The van der Waals surface area contributed by atoms with Crippen LogP contribution in [0, 0.1) is 6.92 Å². The van der Waals surface area contributed by atoms with Gasteiger partial charge in [-0.2, -0.15) is 0 Å². The topological polar surface area (TPSA) is 90.5 Å². The van der Waals surface area contributed by atoms with Crippen molar-refractivity contribution >= 4 is 35.2 Å². The van der Waals surface area contributed by atoms with E-state index in [4.69, 9.17) is 5.11 Å². The Bertz CT molecular complexity index is 1240. The van der Waals surface area contributed by atoms with E-state index in [1.807, 2.05) is 45.0 Å². The van der Waals surface area contributed by atoms with Crippen molar-refractivity contribution in [1.29, 1.82) is 0 Å². The summed E-state index contributed by atoms with van der Waals surface area (Å²) in [4.78, 5) is 23.6. The average molecular weight is 574 g/mol. The summed E-state index contributed by atoms with van der Waals surface area (Å²) < 4.78 is 0. The number of likely N-dealkylation sites (N-methyl/N-ethyl adjacent to an activating group) is 1. The van der Waals surface area contributed by atoms with Gasteiger partial charge in [-0.25, -0.2) is 0 Å². The zero-order valence-corrected chi connectivity index (χ0v) is 26.8. The van der Waals surface area contributed by atoms with Gasteiger partial charge in [0.05, 0.1) is 6.54 Å². The monoisotopic (exact) mass is 573 g/mol. The molecule has 3 aromatic rings. The fourth-order valence-corrected chi connectivity index (χ4v) is 3.97. The summed E-state index contributed by atoms with van der Waals surface area (Å²) in [5.74, 6) is 0.636. The maximum absolute atomic E-state index is 12.7. The normalized spacial score (nSPS) is 10.7. The Morgan fingerprint density at radius 3 is 2.14 bits per heavy atom. The van der Waals surface area contributed by atoms with Gasteiger partial charge in [-0.1, -0.05) is 101 Å². The Labute approximate surface area is 254 Å². The molecule has 0 aromatic heterocycles. The van der Waals surface area contributed by atoms with E-state index in [0.29, 0.717) is 23.6 Å². The molecule has 0 aliphatic carbocycles. The molecule has 0 radical (unpaired) electrons. The summed E-state index contributed by atoms with van der Waals surface area (Å²) >= 11 is 0. The molecule has 3 rings (SSSR count). The van der Waals surface area contributed by atoms with Crippen LogP contribution < -0.4 is 16.0 Å². The number of hydrogen-bond acceptors (Lipinski definition) is 5. The van der Waals surface area contributed by atoms with E-state index in [1.54, 1.807) is 39.2 Å². The number of rotatable bonds is 11. The number of hydrogen-bond donors (Lipinski definition) is 4. The Kier molecular flexibility index (Phi) is 20.5. The van der Waals surface area contributed by atoms with Crippen molar-refractivity contribution in [2.75, 3.05) is 37.9 Å². The summed E-state index contributed by atoms with van der Waals surface area (Å²) in [6.45, 7) is 16.6. The van der Waals surface area contributed by atoms with Crippen LogP contribution in [-0.4, -0.2) is 44.5 Å². The molecular weight excluding hydrogens is 522 g/mol. The van der Waals surface area contributed by atoms with Gasteiger partial charge < -0.3 is 21.1 Å². The van der Waals surface area contributed by atoms with E-state index in [9.17, 15) is 9.59 Å². The van der Waals surface area contributed by atoms with Gasteiger partial charge in [-0.05, 0) is 68.1 Å². The minimum atomic E-state index is -0.0736. The number of amides is 1. The molecule has 228 valence electrons. The molecule has 0 heterocycles. The van der Waals surface area contributed by atoms with Crippen molar-refractivity contribution < 1.29 is 14.7 Å². The van der Waals surface area contributed by atoms with Crippen molar-refractivity contribution in [1.82, 2.24) is 5.32 Å². The molecule has 0 saturated carbocycles. The second-order valence-corrected chi connectivity index (χ2v) is 9.17. The van der Waals surface area contributed by atoms with Gasteiger partial charge in [0.15, 0.2) is 5.78 Å². The number of carbonyl (C=O) groups excluding carboxylic acids is 2. The zero-order chi connectivity index (χ0) is 31.9. The van der Waals surface area contributed by atoms with Crippen LogP contribution in [0.4, 0.5) is 11.4 Å². The van der Waals surface area contributed by atoms with Crippen LogP contribution in [0.5, 0.6) is 0 Å². The molecule has 0 fully saturated rings. The number of aliphatic hydroxyl groups excluding tert-OH is 1. The standard InChI is InChI=1S/C22H25N3O2.C10H14.C2H6O.C2H6/c1-5-17(10-16-8-6-7-15(2)9-16)22-19(21(27)13-23-3)11-18(25-14-26)12-20(22)24-4;1-3-9(2)10-7-5-4-6-8-10;1-2-3;1-2/h5-12,14,23-24H,1,13H2,2-4H3,(H,25,26);4-9H,3H2,1-2H3;3H,2H2,1H3;1-2H3/b17-10+;;;. The molecule has 1 atom stereocenters. The summed E-state index contributed by atoms with van der Waals surface area (Å²) in [6, 6.07) is 22.2. The fraction of sp³-hybridized carbons (Fsp3) is 0.333. The van der Waals surface area contributed by atoms with Crippen LogP contribution in [0.3, 0.4) is 0 Å². The number of aliphatic hydroxyl groups is 1. The SMILES string of the molecule is C=C/C(=C\c1cccc(C)c1)c1c(NC)cc(NC=O)cc1C(=O)CNC.CC.CCC(C)c1ccccc1.CCO. The second-order valence-electron chi connectivity index (χ2n) is 9.17. The molecule has 42 heavy (non-hydrogen) atoms. The van der Waals surface area contributed by atoms with Crippen LogP contribution in [0.25, 0.3) is 11.6 Å². The number of allylic oxidation sites excluding steroid dienone is 2. The molecule has 1 amide bonds. The van der Waals surface area contributed by atoms with Crippen molar-refractivity contribution in [3.8, 4) is 0 Å². The molecule has 0 bridgehead atoms. The van der Waals surface area contributed by atoms with Gasteiger partial charge in [0.1, 0.15) is 0 Å². The molecule has 1 unspecified atom stereocenters. The quantitative estimate of drug-likeness (QED) is 0.0809. The molecule has 0 saturated heterocycles. The molecule has 0 aliphatic heterocycles. The minimum absolute atomic E-state index is 0.0736. The summed E-state index contributed by atoms with van der Waals surface area (Å²) in [5, 5.41) is 16.2. The van der Waals surface area contributed by atoms with Crippen molar-refractivity contribution in [2.45, 2.75) is 53.9 Å². The van der Waals surface area contributed by atoms with E-state index >= 15 is 0 Å². The highest BCUT2D eigenvalue weighted by Gasteiger charge is 2.18. The van der Waals surface area contributed by atoms with Crippen molar-refractivity contribution in [2.24, 2.45) is 0 Å². The lowest BCUT2D eigenvalue weighted by Gasteiger charge is -2.17. The number of anilines is 2. The first-order chi connectivity index (χ1) is 20.3. The average Bonchev–Trinajstić information content (AvgIpc) is 3.01. The number of aryl methyl sites for hydroxylation is 1. The Morgan fingerprint density at radius 2 is 1.64 bits per heavy atom. The van der Waals surface area contributed by atoms with E-state index in [-0.39, 0.29) is 18.9 Å². The van der Waals surface area contributed by atoms with Crippen molar-refractivity contribution in [3.63, 3.8) is 0 Å². The first kappa shape index (κ1) is 38.0. The maximum atomic E-state index is 12.7. The maximum Gasteiger partial charge on any atom is 0.211 e.